The lowest BCUT2D eigenvalue weighted by molar-refractivity contribution is -0.121. The average molecular weight is 465 g/mol. The maximum absolute atomic E-state index is 13.1. The molecule has 152 valence electrons. The first kappa shape index (κ1) is 20.2. The first-order valence-corrected chi connectivity index (χ1v) is 10.5. The SMILES string of the molecule is O=C(Nc1ccc(Br)cc1)C1Cc2ccccc2CN1C(=O)OCc1ccccc1. The van der Waals surface area contributed by atoms with Crippen LogP contribution in [0.5, 0.6) is 0 Å². The Morgan fingerprint density at radius 1 is 0.933 bits per heavy atom. The molecule has 3 aromatic carbocycles. The topological polar surface area (TPSA) is 58.6 Å². The Labute approximate surface area is 183 Å². The first-order chi connectivity index (χ1) is 14.6. The second-order valence-electron chi connectivity index (χ2n) is 7.15. The number of nitrogens with one attached hydrogen (secondary N) is 1. The molecule has 0 aliphatic carbocycles. The average Bonchev–Trinajstić information content (AvgIpc) is 2.78. The number of amides is 2. The molecule has 1 atom stereocenters. The van der Waals surface area contributed by atoms with Crippen molar-refractivity contribution in [3.63, 3.8) is 0 Å². The van der Waals surface area contributed by atoms with Crippen molar-refractivity contribution in [3.05, 3.63) is 100 Å². The molecule has 0 saturated carbocycles. The van der Waals surface area contributed by atoms with Crippen molar-refractivity contribution in [1.82, 2.24) is 4.90 Å². The highest BCUT2D eigenvalue weighted by Gasteiger charge is 2.35. The molecule has 1 unspecified atom stereocenters. The summed E-state index contributed by atoms with van der Waals surface area (Å²) in [5.41, 5.74) is 3.68. The number of fused-ring (bicyclic) bond motifs is 1. The van der Waals surface area contributed by atoms with Gasteiger partial charge in [-0.15, -0.1) is 0 Å². The van der Waals surface area contributed by atoms with Crippen LogP contribution in [-0.4, -0.2) is 22.9 Å². The predicted octanol–water partition coefficient (Wildman–Crippen LogP) is 5.15. The summed E-state index contributed by atoms with van der Waals surface area (Å²) in [7, 11) is 0. The quantitative estimate of drug-likeness (QED) is 0.580. The zero-order valence-electron chi connectivity index (χ0n) is 16.3. The monoisotopic (exact) mass is 464 g/mol. The van der Waals surface area contributed by atoms with E-state index >= 15 is 0 Å². The Balaban J connectivity index is 1.52. The van der Waals surface area contributed by atoms with Gasteiger partial charge < -0.3 is 10.1 Å². The van der Waals surface area contributed by atoms with Gasteiger partial charge in [0.2, 0.25) is 5.91 Å². The van der Waals surface area contributed by atoms with Crippen LogP contribution in [-0.2, 0) is 29.1 Å². The Morgan fingerprint density at radius 3 is 2.33 bits per heavy atom. The van der Waals surface area contributed by atoms with Crippen molar-refractivity contribution in [2.24, 2.45) is 0 Å². The van der Waals surface area contributed by atoms with Crippen LogP contribution in [0.15, 0.2) is 83.3 Å². The fraction of sp³-hybridized carbons (Fsp3) is 0.167. The van der Waals surface area contributed by atoms with Gasteiger partial charge in [0.05, 0.1) is 6.54 Å². The summed E-state index contributed by atoms with van der Waals surface area (Å²) >= 11 is 3.39. The number of hydrogen-bond acceptors (Lipinski definition) is 3. The maximum Gasteiger partial charge on any atom is 0.411 e. The Hall–Kier alpha value is -3.12. The number of rotatable bonds is 4. The van der Waals surface area contributed by atoms with Gasteiger partial charge in [-0.3, -0.25) is 9.69 Å². The number of carbonyl (C=O) groups is 2. The first-order valence-electron chi connectivity index (χ1n) is 9.71. The van der Waals surface area contributed by atoms with Crippen LogP contribution in [0.25, 0.3) is 0 Å². The van der Waals surface area contributed by atoms with Crippen molar-refractivity contribution in [2.45, 2.75) is 25.6 Å². The molecular formula is C24H21BrN2O3. The lowest BCUT2D eigenvalue weighted by Crippen LogP contribution is -2.50. The molecule has 1 aliphatic heterocycles. The van der Waals surface area contributed by atoms with Crippen LogP contribution in [0.4, 0.5) is 10.5 Å². The Kier molecular flexibility index (Phi) is 6.14. The van der Waals surface area contributed by atoms with Gasteiger partial charge in [0.15, 0.2) is 0 Å². The summed E-state index contributed by atoms with van der Waals surface area (Å²) < 4.78 is 6.46. The summed E-state index contributed by atoms with van der Waals surface area (Å²) in [6.07, 6.45) is -0.0526. The Bertz CT molecular complexity index is 1040. The van der Waals surface area contributed by atoms with E-state index < -0.39 is 12.1 Å². The molecule has 0 spiro atoms. The van der Waals surface area contributed by atoms with Gasteiger partial charge in [-0.05, 0) is 41.0 Å². The van der Waals surface area contributed by atoms with E-state index in [-0.39, 0.29) is 12.5 Å². The third kappa shape index (κ3) is 4.71. The zero-order valence-corrected chi connectivity index (χ0v) is 17.8. The van der Waals surface area contributed by atoms with Gasteiger partial charge >= 0.3 is 6.09 Å². The third-order valence-corrected chi connectivity index (χ3v) is 5.63. The van der Waals surface area contributed by atoms with Crippen LogP contribution >= 0.6 is 15.9 Å². The minimum atomic E-state index is -0.646. The highest BCUT2D eigenvalue weighted by atomic mass is 79.9. The van der Waals surface area contributed by atoms with E-state index in [4.69, 9.17) is 4.74 Å². The standard InChI is InChI=1S/C24H21BrN2O3/c25-20-10-12-21(13-11-20)26-23(28)22-14-18-8-4-5-9-19(18)15-27(22)24(29)30-16-17-6-2-1-3-7-17/h1-13,22H,14-16H2,(H,26,28). The molecule has 1 aliphatic rings. The summed E-state index contributed by atoms with van der Waals surface area (Å²) in [6.45, 7) is 0.501. The van der Waals surface area contributed by atoms with E-state index in [1.54, 1.807) is 0 Å². The molecule has 30 heavy (non-hydrogen) atoms. The van der Waals surface area contributed by atoms with Crippen molar-refractivity contribution in [1.29, 1.82) is 0 Å². The van der Waals surface area contributed by atoms with Gasteiger partial charge in [0.25, 0.3) is 0 Å². The van der Waals surface area contributed by atoms with Gasteiger partial charge in [0.1, 0.15) is 12.6 Å². The molecule has 5 nitrogen and oxygen atoms in total. The van der Waals surface area contributed by atoms with Crippen LogP contribution in [0.3, 0.4) is 0 Å². The molecule has 6 heteroatoms. The van der Waals surface area contributed by atoms with Crippen LogP contribution in [0.1, 0.15) is 16.7 Å². The van der Waals surface area contributed by atoms with Crippen LogP contribution in [0, 0.1) is 0 Å². The number of carbonyl (C=O) groups excluding carboxylic acids is 2. The highest BCUT2D eigenvalue weighted by Crippen LogP contribution is 2.25. The van der Waals surface area contributed by atoms with Gasteiger partial charge in [-0.1, -0.05) is 70.5 Å². The van der Waals surface area contributed by atoms with E-state index in [9.17, 15) is 9.59 Å². The van der Waals surface area contributed by atoms with E-state index in [2.05, 4.69) is 21.2 Å². The molecule has 0 saturated heterocycles. The molecule has 0 aromatic heterocycles. The number of halogens is 1. The molecule has 4 rings (SSSR count). The molecule has 0 fully saturated rings. The minimum absolute atomic E-state index is 0.166. The van der Waals surface area contributed by atoms with Crippen molar-refractivity contribution in [3.8, 4) is 0 Å². The lowest BCUT2D eigenvalue weighted by Gasteiger charge is -2.35. The van der Waals surface area contributed by atoms with Crippen molar-refractivity contribution >= 4 is 33.6 Å². The van der Waals surface area contributed by atoms with Gasteiger partial charge in [-0.25, -0.2) is 4.79 Å². The zero-order chi connectivity index (χ0) is 20.9. The van der Waals surface area contributed by atoms with Crippen molar-refractivity contribution in [2.75, 3.05) is 5.32 Å². The molecule has 2 amide bonds. The highest BCUT2D eigenvalue weighted by molar-refractivity contribution is 9.10. The molecular weight excluding hydrogens is 444 g/mol. The van der Waals surface area contributed by atoms with E-state index in [0.29, 0.717) is 18.7 Å². The number of ether oxygens (including phenoxy) is 1. The van der Waals surface area contributed by atoms with Gasteiger partial charge in [0, 0.05) is 16.6 Å². The molecule has 3 aromatic rings. The molecule has 0 radical (unpaired) electrons. The van der Waals surface area contributed by atoms with E-state index in [1.807, 2.05) is 78.9 Å². The van der Waals surface area contributed by atoms with Crippen molar-refractivity contribution < 1.29 is 14.3 Å². The second kappa shape index (κ2) is 9.13. The third-order valence-electron chi connectivity index (χ3n) is 5.10. The fourth-order valence-electron chi connectivity index (χ4n) is 3.51. The van der Waals surface area contributed by atoms with E-state index in [1.165, 1.54) is 4.90 Å². The maximum atomic E-state index is 13.1. The predicted molar refractivity (Wildman–Crippen MR) is 119 cm³/mol. The smallest absolute Gasteiger partial charge is 0.411 e. The number of benzene rings is 3. The fourth-order valence-corrected chi connectivity index (χ4v) is 3.77. The second-order valence-corrected chi connectivity index (χ2v) is 8.07. The summed E-state index contributed by atoms with van der Waals surface area (Å²) in [4.78, 5) is 27.5. The molecule has 1 heterocycles. The largest absolute Gasteiger partial charge is 0.445 e. The summed E-state index contributed by atoms with van der Waals surface area (Å²) in [5.74, 6) is -0.233. The Morgan fingerprint density at radius 2 is 1.60 bits per heavy atom. The van der Waals surface area contributed by atoms with Crippen LogP contribution < -0.4 is 5.32 Å². The molecule has 1 N–H and O–H groups in total. The minimum Gasteiger partial charge on any atom is -0.445 e. The summed E-state index contributed by atoms with van der Waals surface area (Å²) in [5, 5.41) is 2.92. The number of anilines is 1. The number of nitrogens with zero attached hydrogens (tertiary/aromatic N) is 1. The summed E-state index contributed by atoms with van der Waals surface area (Å²) in [6, 6.07) is 24.1. The number of hydrogen-bond donors (Lipinski definition) is 1. The van der Waals surface area contributed by atoms with E-state index in [0.717, 1.165) is 21.2 Å². The normalized spacial score (nSPS) is 15.2. The molecule has 0 bridgehead atoms. The lowest BCUT2D eigenvalue weighted by atomic mass is 9.94. The van der Waals surface area contributed by atoms with Crippen LogP contribution in [0.2, 0.25) is 0 Å². The van der Waals surface area contributed by atoms with Gasteiger partial charge in [-0.2, -0.15) is 0 Å².